The topological polar surface area (TPSA) is 54.7 Å². The zero-order valence-corrected chi connectivity index (χ0v) is 58.2. The largest absolute Gasteiger partial charge is 0.657 e. The van der Waals surface area contributed by atoms with E-state index in [2.05, 4.69) is 121 Å². The summed E-state index contributed by atoms with van der Waals surface area (Å²) in [7, 11) is 0. The van der Waals surface area contributed by atoms with Gasteiger partial charge in [0.2, 0.25) is 0 Å². The second-order valence-corrected chi connectivity index (χ2v) is 27.0. The molecule has 13 heteroatoms. The fourth-order valence-corrected chi connectivity index (χ4v) is 14.4. The zero-order chi connectivity index (χ0) is 66.0. The van der Waals surface area contributed by atoms with E-state index in [0.717, 1.165) is 111 Å². The summed E-state index contributed by atoms with van der Waals surface area (Å²) in [5.41, 5.74) is 21.2. The van der Waals surface area contributed by atoms with Crippen LogP contribution in [0.2, 0.25) is 40.2 Å². The van der Waals surface area contributed by atoms with Gasteiger partial charge in [-0.3, -0.25) is 0 Å². The van der Waals surface area contributed by atoms with Crippen molar-refractivity contribution in [3.8, 4) is 78.1 Å². The first-order chi connectivity index (χ1) is 47.4. The van der Waals surface area contributed by atoms with Crippen molar-refractivity contribution in [1.82, 2.24) is 15.0 Å². The summed E-state index contributed by atoms with van der Waals surface area (Å²) in [6.07, 6.45) is 0. The molecule has 14 aromatic rings. The number of hydrogen-bond donors (Lipinski definition) is 0. The van der Waals surface area contributed by atoms with E-state index in [0.29, 0.717) is 96.2 Å². The maximum absolute atomic E-state index is 6.95. The Morgan fingerprint density at radius 3 is 0.755 bits per heavy atom. The second kappa shape index (κ2) is 27.4. The first-order valence-corrected chi connectivity index (χ1v) is 34.1. The molecule has 0 fully saturated rings. The molecular formula is C85H47Cl8CuN4-3. The predicted molar refractivity (Wildman–Crippen MR) is 407 cm³/mol. The van der Waals surface area contributed by atoms with E-state index in [-0.39, 0.29) is 17.1 Å². The molecule has 4 heterocycles. The molecule has 8 bridgehead atoms. The van der Waals surface area contributed by atoms with Gasteiger partial charge in [-0.2, -0.15) is 0 Å². The minimum Gasteiger partial charge on any atom is -0.657 e. The molecule has 1 radical (unpaired) electrons. The van der Waals surface area contributed by atoms with Crippen LogP contribution in [-0.4, -0.2) is 5.71 Å². The van der Waals surface area contributed by atoms with E-state index in [1.165, 1.54) is 0 Å². The molecule has 16 rings (SSSR count). The van der Waals surface area contributed by atoms with Crippen molar-refractivity contribution in [2.75, 3.05) is 0 Å². The number of fused-ring (bicyclic) bond motifs is 12. The van der Waals surface area contributed by atoms with Crippen LogP contribution in [0.25, 0.3) is 106 Å². The molecule has 0 N–H and O–H groups in total. The third-order valence-electron chi connectivity index (χ3n) is 17.7. The van der Waals surface area contributed by atoms with Crippen LogP contribution < -0.4 is 25.7 Å². The van der Waals surface area contributed by atoms with E-state index < -0.39 is 0 Å². The van der Waals surface area contributed by atoms with Gasteiger partial charge in [-0.25, -0.2) is 4.99 Å². The predicted octanol–water partition coefficient (Wildman–Crippen LogP) is 23.7. The number of aliphatic imine (C=N–C) groups is 1. The molecule has 0 saturated carbocycles. The molecular weight excluding hydrogens is 1420 g/mol. The van der Waals surface area contributed by atoms with Gasteiger partial charge in [0, 0.05) is 68.4 Å². The number of hydrogen-bond acceptors (Lipinski definition) is 1. The summed E-state index contributed by atoms with van der Waals surface area (Å²) in [5.74, 6) is 0. The monoisotopic (exact) mass is 1470 g/mol. The van der Waals surface area contributed by atoms with Crippen molar-refractivity contribution in [3.63, 3.8) is 0 Å². The quantitative estimate of drug-likeness (QED) is 0.121. The number of allylic oxidation sites excluding steroid dienone is 2. The van der Waals surface area contributed by atoms with Crippen LogP contribution in [0.3, 0.4) is 0 Å². The SMILES string of the molecule is Clc1ccc(C2=C(c3ccc(Cl)cc3)C3=C(c4ccccc4)c4[n-]c(c(-c5ccc(Cl)cc5)c4-c4ccc(Cl)cc4)-c4[n-]c(c(-c5ccc(Cl)cc5)c4-c4ccc(Cl)cc4)C(c4ccccc4)=c4[n-]c(c(-c5ccc(Cl)cc5)c4-c4ccc(Cl)cc4)=C(c4ccccc4)C2=N3)cc1.[Cu]. The second-order valence-electron chi connectivity index (χ2n) is 23.5. The van der Waals surface area contributed by atoms with E-state index >= 15 is 0 Å². The fourth-order valence-electron chi connectivity index (χ4n) is 13.4. The molecule has 0 saturated heterocycles. The number of halogens is 8. The number of nitrogens with zero attached hydrogens (tertiary/aromatic N) is 4. The molecule has 0 spiro atoms. The number of rotatable bonds is 11. The Kier molecular flexibility index (Phi) is 18.1. The van der Waals surface area contributed by atoms with Crippen LogP contribution in [0, 0.1) is 0 Å². The standard InChI is InChI=1S/C85H47Cl8N4.Cu/c86-59-32-16-51(17-33-59)67-69(53-20-36-61(88)37-21-53)80-76(49-12-6-2-7-13-49)82-71(55-24-40-63(90)41-25-55)73(57-28-44-65(92)45-29-57)84(96-82)85-74(58-30-46-66(93)47-31-58)72(56-26-42-64(91)43-27-56)83(97-85)77(50-14-8-3-9-15-50)81-70(54-22-38-62(89)39-23-54)68(52-18-34-60(87)35-19-52)79(95-81)75(78(67)94-80)48-10-4-1-5-11-48;/h1-47H;/q-3;. The van der Waals surface area contributed by atoms with Crippen LogP contribution in [0.4, 0.5) is 0 Å². The average Bonchev–Trinajstić information content (AvgIpc) is 1.55. The van der Waals surface area contributed by atoms with Gasteiger partial charge in [0.1, 0.15) is 0 Å². The Morgan fingerprint density at radius 2 is 0.429 bits per heavy atom. The van der Waals surface area contributed by atoms with Gasteiger partial charge >= 0.3 is 0 Å². The Balaban J connectivity index is 0.00000784. The van der Waals surface area contributed by atoms with Gasteiger partial charge in [0.05, 0.1) is 11.4 Å². The summed E-state index contributed by atoms with van der Waals surface area (Å²) in [5, 5.41) is 5.74. The van der Waals surface area contributed by atoms with Crippen molar-refractivity contribution in [2.24, 2.45) is 4.99 Å². The summed E-state index contributed by atoms with van der Waals surface area (Å²) >= 11 is 55.6. The van der Waals surface area contributed by atoms with Crippen LogP contribution in [0.1, 0.15) is 39.2 Å². The molecule has 2 aliphatic rings. The van der Waals surface area contributed by atoms with Gasteiger partial charge in [0.25, 0.3) is 0 Å². The smallest absolute Gasteiger partial charge is 0.0789 e. The van der Waals surface area contributed by atoms with Crippen molar-refractivity contribution in [1.29, 1.82) is 0 Å². The minimum absolute atomic E-state index is 0. The van der Waals surface area contributed by atoms with E-state index in [1.807, 2.05) is 164 Å². The molecule has 1 aliphatic heterocycles. The van der Waals surface area contributed by atoms with Crippen LogP contribution in [-0.2, 0) is 17.1 Å². The summed E-state index contributed by atoms with van der Waals surface area (Å²) in [4.78, 5) is 25.1. The van der Waals surface area contributed by atoms with Gasteiger partial charge < -0.3 is 15.0 Å². The maximum atomic E-state index is 6.95. The summed E-state index contributed by atoms with van der Waals surface area (Å²) in [6.45, 7) is 0. The van der Waals surface area contributed by atoms with Gasteiger partial charge in [0.15, 0.2) is 0 Å². The fraction of sp³-hybridized carbons (Fsp3) is 0. The first kappa shape index (κ1) is 65.0. The summed E-state index contributed by atoms with van der Waals surface area (Å²) in [6, 6.07) is 94.6. The van der Waals surface area contributed by atoms with Crippen molar-refractivity contribution >= 4 is 126 Å². The van der Waals surface area contributed by atoms with Gasteiger partial charge in [-0.15, -0.1) is 33.5 Å². The first-order valence-electron chi connectivity index (χ1n) is 31.1. The molecule has 11 aromatic carbocycles. The number of benzene rings is 11. The molecule has 0 amide bonds. The van der Waals surface area contributed by atoms with Crippen molar-refractivity contribution in [3.05, 3.63) is 381 Å². The average molecular weight is 1470 g/mol. The van der Waals surface area contributed by atoms with Gasteiger partial charge in [-0.05, 0) is 208 Å². The van der Waals surface area contributed by atoms with Crippen LogP contribution in [0.15, 0.2) is 296 Å². The van der Waals surface area contributed by atoms with Gasteiger partial charge in [-0.1, -0.05) is 281 Å². The van der Waals surface area contributed by atoms with E-state index in [4.69, 9.17) is 113 Å². The maximum Gasteiger partial charge on any atom is 0.0789 e. The van der Waals surface area contributed by atoms with Crippen LogP contribution in [0.5, 0.6) is 0 Å². The minimum atomic E-state index is 0. The third kappa shape index (κ3) is 12.1. The Labute approximate surface area is 617 Å². The molecule has 477 valence electrons. The molecule has 1 aliphatic carbocycles. The van der Waals surface area contributed by atoms with E-state index in [9.17, 15) is 0 Å². The third-order valence-corrected chi connectivity index (χ3v) is 19.7. The molecule has 3 aromatic heterocycles. The van der Waals surface area contributed by atoms with Crippen molar-refractivity contribution in [2.45, 2.75) is 0 Å². The zero-order valence-electron chi connectivity index (χ0n) is 51.2. The Bertz CT molecular complexity index is 5610. The normalized spacial score (nSPS) is 12.8. The molecule has 0 unspecified atom stereocenters. The summed E-state index contributed by atoms with van der Waals surface area (Å²) < 4.78 is 0. The van der Waals surface area contributed by atoms with E-state index in [1.54, 1.807) is 0 Å². The molecule has 0 atom stereocenters. The van der Waals surface area contributed by atoms with Crippen LogP contribution >= 0.6 is 92.8 Å². The van der Waals surface area contributed by atoms with Crippen molar-refractivity contribution < 1.29 is 17.1 Å². The molecule has 98 heavy (non-hydrogen) atoms. The molecule has 4 nitrogen and oxygen atoms in total. The Hall–Kier alpha value is -9.01. The number of aromatic nitrogens is 3. The Morgan fingerprint density at radius 1 is 0.194 bits per heavy atom.